The molecule has 1 aliphatic rings. The maximum absolute atomic E-state index is 12.3. The average molecular weight is 300 g/mol. The van der Waals surface area contributed by atoms with E-state index in [2.05, 4.69) is 0 Å². The number of nitrogens with zero attached hydrogens (tertiary/aromatic N) is 2. The second-order valence-electron chi connectivity index (χ2n) is 4.71. The van der Waals surface area contributed by atoms with Gasteiger partial charge >= 0.3 is 5.97 Å². The van der Waals surface area contributed by atoms with Gasteiger partial charge in [-0.1, -0.05) is 0 Å². The van der Waals surface area contributed by atoms with Crippen LogP contribution in [0.15, 0.2) is 18.3 Å². The van der Waals surface area contributed by atoms with Gasteiger partial charge in [0.1, 0.15) is 12.2 Å². The Kier molecular flexibility index (Phi) is 4.12. The molecule has 0 saturated carbocycles. The van der Waals surface area contributed by atoms with Gasteiger partial charge in [0, 0.05) is 19.3 Å². The van der Waals surface area contributed by atoms with Gasteiger partial charge < -0.3 is 14.6 Å². The first-order chi connectivity index (χ1) is 9.39. The van der Waals surface area contributed by atoms with Crippen LogP contribution in [0.3, 0.4) is 0 Å². The van der Waals surface area contributed by atoms with E-state index in [4.69, 9.17) is 5.11 Å². The lowest BCUT2D eigenvalue weighted by Crippen LogP contribution is -2.35. The number of hydrogen-bond acceptors (Lipinski definition) is 4. The van der Waals surface area contributed by atoms with Gasteiger partial charge in [0.05, 0.1) is 11.5 Å². The van der Waals surface area contributed by atoms with Crippen molar-refractivity contribution in [1.82, 2.24) is 9.47 Å². The Bertz CT molecular complexity index is 620. The summed E-state index contributed by atoms with van der Waals surface area (Å²) < 4.78 is 24.4. The molecule has 1 saturated heterocycles. The molecule has 2 heterocycles. The smallest absolute Gasteiger partial charge is 0.323 e. The van der Waals surface area contributed by atoms with E-state index in [9.17, 15) is 18.0 Å². The molecule has 1 aromatic heterocycles. The molecule has 1 amide bonds. The molecule has 0 unspecified atom stereocenters. The lowest BCUT2D eigenvalue weighted by Gasteiger charge is -2.20. The highest BCUT2D eigenvalue weighted by Gasteiger charge is 2.25. The Balaban J connectivity index is 2.15. The Hall–Kier alpha value is -1.83. The van der Waals surface area contributed by atoms with Gasteiger partial charge in [0.2, 0.25) is 0 Å². The minimum absolute atomic E-state index is 0.0433. The first-order valence-corrected chi connectivity index (χ1v) is 8.08. The van der Waals surface area contributed by atoms with Crippen molar-refractivity contribution in [1.29, 1.82) is 0 Å². The third-order valence-electron chi connectivity index (χ3n) is 3.20. The molecule has 1 fully saturated rings. The third kappa shape index (κ3) is 3.38. The van der Waals surface area contributed by atoms with E-state index in [1.54, 1.807) is 12.1 Å². The molecule has 2 rings (SSSR count). The van der Waals surface area contributed by atoms with Gasteiger partial charge in [-0.2, -0.15) is 0 Å². The summed E-state index contributed by atoms with van der Waals surface area (Å²) in [5.41, 5.74) is 0.270. The molecule has 0 aliphatic carbocycles. The van der Waals surface area contributed by atoms with Crippen LogP contribution in [0.4, 0.5) is 0 Å². The van der Waals surface area contributed by atoms with Crippen LogP contribution in [-0.2, 0) is 21.2 Å². The fraction of sp³-hybridized carbons (Fsp3) is 0.500. The van der Waals surface area contributed by atoms with Crippen molar-refractivity contribution >= 4 is 21.7 Å². The molecular weight excluding hydrogens is 284 g/mol. The number of hydrogen-bond donors (Lipinski definition) is 1. The summed E-state index contributed by atoms with van der Waals surface area (Å²) in [6, 6.07) is 3.15. The number of rotatable bonds is 3. The molecule has 0 spiro atoms. The van der Waals surface area contributed by atoms with E-state index in [-0.39, 0.29) is 36.2 Å². The van der Waals surface area contributed by atoms with Crippen molar-refractivity contribution in [2.45, 2.75) is 13.0 Å². The molecule has 0 atom stereocenters. The van der Waals surface area contributed by atoms with Gasteiger partial charge in [-0.3, -0.25) is 9.59 Å². The number of carbonyl (C=O) groups is 2. The van der Waals surface area contributed by atoms with Gasteiger partial charge in [0.25, 0.3) is 5.91 Å². The molecule has 8 heteroatoms. The van der Waals surface area contributed by atoms with Crippen molar-refractivity contribution in [3.8, 4) is 0 Å². The molecule has 0 bridgehead atoms. The van der Waals surface area contributed by atoms with Crippen molar-refractivity contribution < 1.29 is 23.1 Å². The molecule has 20 heavy (non-hydrogen) atoms. The lowest BCUT2D eigenvalue weighted by molar-refractivity contribution is -0.137. The molecular formula is C12H16N2O5S. The first kappa shape index (κ1) is 14.6. The van der Waals surface area contributed by atoms with Crippen molar-refractivity contribution in [3.63, 3.8) is 0 Å². The van der Waals surface area contributed by atoms with E-state index >= 15 is 0 Å². The van der Waals surface area contributed by atoms with Crippen LogP contribution in [0, 0.1) is 0 Å². The first-order valence-electron chi connectivity index (χ1n) is 6.26. The molecule has 0 radical (unpaired) electrons. The van der Waals surface area contributed by atoms with Crippen molar-refractivity contribution in [2.75, 3.05) is 24.6 Å². The van der Waals surface area contributed by atoms with Crippen LogP contribution < -0.4 is 0 Å². The summed E-state index contributed by atoms with van der Waals surface area (Å²) in [5.74, 6) is -1.31. The molecule has 1 N–H and O–H groups in total. The molecule has 7 nitrogen and oxygen atoms in total. The molecule has 1 aliphatic heterocycles. The molecule has 1 aromatic rings. The topological polar surface area (TPSA) is 96.7 Å². The lowest BCUT2D eigenvalue weighted by atomic mass is 10.3. The maximum atomic E-state index is 12.3. The van der Waals surface area contributed by atoms with Crippen LogP contribution in [-0.4, -0.2) is 59.5 Å². The highest BCUT2D eigenvalue weighted by molar-refractivity contribution is 7.91. The van der Waals surface area contributed by atoms with E-state index in [1.165, 1.54) is 15.7 Å². The van der Waals surface area contributed by atoms with E-state index in [0.29, 0.717) is 13.0 Å². The quantitative estimate of drug-likeness (QED) is 0.836. The number of carbonyl (C=O) groups excluding carboxylic acids is 1. The summed E-state index contributed by atoms with van der Waals surface area (Å²) in [4.78, 5) is 24.5. The Morgan fingerprint density at radius 1 is 1.25 bits per heavy atom. The zero-order valence-corrected chi connectivity index (χ0v) is 11.7. The number of carboxylic acids is 1. The minimum Gasteiger partial charge on any atom is -0.480 e. The van der Waals surface area contributed by atoms with Crippen LogP contribution >= 0.6 is 0 Å². The zero-order valence-electron chi connectivity index (χ0n) is 10.9. The normalized spacial score (nSPS) is 18.5. The summed E-state index contributed by atoms with van der Waals surface area (Å²) in [6.07, 6.45) is 1.93. The predicted octanol–water partition coefficient (Wildman–Crippen LogP) is -0.167. The van der Waals surface area contributed by atoms with Crippen LogP contribution in [0.25, 0.3) is 0 Å². The van der Waals surface area contributed by atoms with Crippen LogP contribution in [0.5, 0.6) is 0 Å². The maximum Gasteiger partial charge on any atom is 0.323 e. The van der Waals surface area contributed by atoms with E-state index in [1.807, 2.05) is 0 Å². The number of amides is 1. The second-order valence-corrected chi connectivity index (χ2v) is 7.02. The average Bonchev–Trinajstić information content (AvgIpc) is 2.71. The van der Waals surface area contributed by atoms with E-state index in [0.717, 1.165) is 0 Å². The highest BCUT2D eigenvalue weighted by atomic mass is 32.2. The van der Waals surface area contributed by atoms with Crippen LogP contribution in [0.1, 0.15) is 16.9 Å². The summed E-state index contributed by atoms with van der Waals surface area (Å²) in [5, 5.41) is 8.79. The third-order valence-corrected chi connectivity index (χ3v) is 4.91. The fourth-order valence-electron chi connectivity index (χ4n) is 2.20. The molecule has 110 valence electrons. The van der Waals surface area contributed by atoms with Gasteiger partial charge in [0.15, 0.2) is 9.84 Å². The second kappa shape index (κ2) is 5.66. The summed E-state index contributed by atoms with van der Waals surface area (Å²) >= 11 is 0. The number of aromatic nitrogens is 1. The van der Waals surface area contributed by atoms with E-state index < -0.39 is 15.8 Å². The standard InChI is InChI=1S/C12H16N2O5S/c15-11(16)9-14-4-1-3-10(14)12(17)13-5-2-7-20(18,19)8-6-13/h1,3-4H,2,5-9H2,(H,15,16). The summed E-state index contributed by atoms with van der Waals surface area (Å²) in [7, 11) is -3.08. The molecule has 0 aromatic carbocycles. The van der Waals surface area contributed by atoms with Gasteiger partial charge in [-0.25, -0.2) is 8.42 Å². The Morgan fingerprint density at radius 2 is 2.00 bits per heavy atom. The number of carboxylic acid groups (broad SMARTS) is 1. The highest BCUT2D eigenvalue weighted by Crippen LogP contribution is 2.11. The fourth-order valence-corrected chi connectivity index (χ4v) is 3.47. The van der Waals surface area contributed by atoms with Gasteiger partial charge in [-0.05, 0) is 18.6 Å². The van der Waals surface area contributed by atoms with Gasteiger partial charge in [-0.15, -0.1) is 0 Å². The summed E-state index contributed by atoms with van der Waals surface area (Å²) in [6.45, 7) is 0.232. The predicted molar refractivity (Wildman–Crippen MR) is 71.2 cm³/mol. The Morgan fingerprint density at radius 3 is 2.70 bits per heavy atom. The monoisotopic (exact) mass is 300 g/mol. The van der Waals surface area contributed by atoms with Crippen molar-refractivity contribution in [2.24, 2.45) is 0 Å². The Labute approximate surface area is 116 Å². The largest absolute Gasteiger partial charge is 0.480 e. The number of aliphatic carboxylic acids is 1. The zero-order chi connectivity index (χ0) is 14.8. The minimum atomic E-state index is -3.08. The van der Waals surface area contributed by atoms with Crippen molar-refractivity contribution in [3.05, 3.63) is 24.0 Å². The SMILES string of the molecule is O=C(O)Cn1cccc1C(=O)N1CCCS(=O)(=O)CC1. The number of sulfone groups is 1. The van der Waals surface area contributed by atoms with Crippen LogP contribution in [0.2, 0.25) is 0 Å².